The van der Waals surface area contributed by atoms with Crippen molar-refractivity contribution in [3.63, 3.8) is 0 Å². The number of carbonyl (C=O) groups excluding carboxylic acids is 1. The molecule has 4 heteroatoms. The molecule has 3 rings (SSSR count). The highest BCUT2D eigenvalue weighted by Gasteiger charge is 2.36. The van der Waals surface area contributed by atoms with Gasteiger partial charge in [0.05, 0.1) is 11.5 Å². The first-order chi connectivity index (χ1) is 10.1. The summed E-state index contributed by atoms with van der Waals surface area (Å²) >= 11 is 0. The highest BCUT2D eigenvalue weighted by molar-refractivity contribution is 5.84. The van der Waals surface area contributed by atoms with Gasteiger partial charge in [-0.25, -0.2) is 0 Å². The molecule has 0 saturated heterocycles. The van der Waals surface area contributed by atoms with Gasteiger partial charge in [-0.2, -0.15) is 0 Å². The molecule has 1 aliphatic carbocycles. The van der Waals surface area contributed by atoms with E-state index in [1.807, 2.05) is 19.2 Å². The Labute approximate surface area is 126 Å². The molecule has 2 N–H and O–H groups in total. The van der Waals surface area contributed by atoms with Crippen molar-refractivity contribution in [1.82, 2.24) is 10.2 Å². The quantitative estimate of drug-likeness (QED) is 0.889. The Kier molecular flexibility index (Phi) is 4.00. The maximum absolute atomic E-state index is 12.8. The number of likely N-dealkylation sites (N-methyl/N-ethyl adjacent to an activating group) is 1. The van der Waals surface area contributed by atoms with Crippen LogP contribution in [-0.2, 0) is 11.3 Å². The zero-order valence-electron chi connectivity index (χ0n) is 12.6. The van der Waals surface area contributed by atoms with E-state index in [-0.39, 0.29) is 11.8 Å². The van der Waals surface area contributed by atoms with Gasteiger partial charge in [0.25, 0.3) is 0 Å². The fourth-order valence-corrected chi connectivity index (χ4v) is 3.69. The summed E-state index contributed by atoms with van der Waals surface area (Å²) in [7, 11) is 1.82. The molecule has 1 heterocycles. The Hall–Kier alpha value is -1.39. The zero-order chi connectivity index (χ0) is 14.9. The lowest BCUT2D eigenvalue weighted by Gasteiger charge is -2.33. The van der Waals surface area contributed by atoms with Crippen molar-refractivity contribution >= 4 is 5.91 Å². The normalized spacial score (nSPS) is 23.6. The second-order valence-corrected chi connectivity index (χ2v) is 6.51. The van der Waals surface area contributed by atoms with Crippen LogP contribution >= 0.6 is 0 Å². The molecule has 114 valence electrons. The molecule has 1 aliphatic heterocycles. The Morgan fingerprint density at radius 2 is 2.10 bits per heavy atom. The molecule has 1 atom stereocenters. The number of amides is 1. The fourth-order valence-electron chi connectivity index (χ4n) is 3.69. The Balaban J connectivity index is 1.73. The van der Waals surface area contributed by atoms with Gasteiger partial charge in [0.1, 0.15) is 0 Å². The average Bonchev–Trinajstić information content (AvgIpc) is 2.92. The number of aliphatic hydroxyl groups is 1. The first kappa shape index (κ1) is 14.5. The minimum absolute atomic E-state index is 0.106. The van der Waals surface area contributed by atoms with Crippen LogP contribution in [0.15, 0.2) is 24.3 Å². The van der Waals surface area contributed by atoms with Gasteiger partial charge in [-0.1, -0.05) is 37.1 Å². The fraction of sp³-hybridized carbons (Fsp3) is 0.588. The van der Waals surface area contributed by atoms with Crippen LogP contribution in [0.25, 0.3) is 0 Å². The smallest absolute Gasteiger partial charge is 0.231 e. The topological polar surface area (TPSA) is 52.6 Å². The van der Waals surface area contributed by atoms with Crippen molar-refractivity contribution in [2.75, 3.05) is 20.1 Å². The summed E-state index contributed by atoms with van der Waals surface area (Å²) in [6.45, 7) is 1.96. The van der Waals surface area contributed by atoms with Crippen LogP contribution in [0.3, 0.4) is 0 Å². The Morgan fingerprint density at radius 1 is 1.38 bits per heavy atom. The van der Waals surface area contributed by atoms with Crippen LogP contribution in [0, 0.1) is 0 Å². The number of rotatable bonds is 3. The maximum atomic E-state index is 12.8. The van der Waals surface area contributed by atoms with E-state index < -0.39 is 5.60 Å². The van der Waals surface area contributed by atoms with Gasteiger partial charge in [-0.05, 0) is 24.0 Å². The minimum Gasteiger partial charge on any atom is -0.388 e. The predicted octanol–water partition coefficient (Wildman–Crippen LogP) is 1.64. The molecule has 2 aliphatic rings. The summed E-state index contributed by atoms with van der Waals surface area (Å²) < 4.78 is 0. The third kappa shape index (κ3) is 2.97. The summed E-state index contributed by atoms with van der Waals surface area (Å²) in [6, 6.07) is 8.14. The van der Waals surface area contributed by atoms with E-state index in [1.54, 1.807) is 4.90 Å². The molecule has 1 aromatic rings. The number of benzene rings is 1. The van der Waals surface area contributed by atoms with Gasteiger partial charge < -0.3 is 15.3 Å². The van der Waals surface area contributed by atoms with Crippen molar-refractivity contribution in [2.24, 2.45) is 0 Å². The third-order valence-corrected chi connectivity index (χ3v) is 4.83. The number of carbonyl (C=O) groups is 1. The zero-order valence-corrected chi connectivity index (χ0v) is 12.6. The number of hydrogen-bond acceptors (Lipinski definition) is 3. The minimum atomic E-state index is -0.675. The highest BCUT2D eigenvalue weighted by Crippen LogP contribution is 2.31. The second kappa shape index (κ2) is 5.78. The molecule has 4 nitrogen and oxygen atoms in total. The SMILES string of the molecule is CN(CC1(O)CCCC1)C(=O)C1CNCc2ccccc21. The predicted molar refractivity (Wildman–Crippen MR) is 81.9 cm³/mol. The molecule has 1 amide bonds. The molecule has 0 radical (unpaired) electrons. The average molecular weight is 288 g/mol. The largest absolute Gasteiger partial charge is 0.388 e. The van der Waals surface area contributed by atoms with Gasteiger partial charge in [0, 0.05) is 26.7 Å². The van der Waals surface area contributed by atoms with Crippen LogP contribution in [-0.4, -0.2) is 41.7 Å². The molecule has 1 fully saturated rings. The van der Waals surface area contributed by atoms with Crippen LogP contribution in [0.2, 0.25) is 0 Å². The molecule has 0 spiro atoms. The second-order valence-electron chi connectivity index (χ2n) is 6.51. The van der Waals surface area contributed by atoms with E-state index in [2.05, 4.69) is 17.4 Å². The molecule has 1 aromatic carbocycles. The molecule has 1 saturated carbocycles. The number of fused-ring (bicyclic) bond motifs is 1. The lowest BCUT2D eigenvalue weighted by Crippen LogP contribution is -2.46. The van der Waals surface area contributed by atoms with E-state index >= 15 is 0 Å². The monoisotopic (exact) mass is 288 g/mol. The first-order valence-electron chi connectivity index (χ1n) is 7.85. The standard InChI is InChI=1S/C17H24N2O2/c1-19(12-17(21)8-4-5-9-17)16(20)15-11-18-10-13-6-2-3-7-14(13)15/h2-3,6-7,15,18,21H,4-5,8-12H2,1H3. The van der Waals surface area contributed by atoms with E-state index in [1.165, 1.54) is 5.56 Å². The van der Waals surface area contributed by atoms with Gasteiger partial charge in [0.15, 0.2) is 0 Å². The summed E-state index contributed by atoms with van der Waals surface area (Å²) in [6.07, 6.45) is 3.74. The number of nitrogens with zero attached hydrogens (tertiary/aromatic N) is 1. The van der Waals surface area contributed by atoms with Crippen molar-refractivity contribution < 1.29 is 9.90 Å². The molecule has 0 bridgehead atoms. The lowest BCUT2D eigenvalue weighted by atomic mass is 9.89. The molecule has 0 aromatic heterocycles. The number of nitrogens with one attached hydrogen (secondary N) is 1. The summed E-state index contributed by atoms with van der Waals surface area (Å²) in [5, 5.41) is 13.8. The van der Waals surface area contributed by atoms with E-state index in [4.69, 9.17) is 0 Å². The van der Waals surface area contributed by atoms with E-state index in [9.17, 15) is 9.90 Å². The van der Waals surface area contributed by atoms with Gasteiger partial charge in [0.2, 0.25) is 5.91 Å². The third-order valence-electron chi connectivity index (χ3n) is 4.83. The van der Waals surface area contributed by atoms with Crippen LogP contribution < -0.4 is 5.32 Å². The summed E-state index contributed by atoms with van der Waals surface area (Å²) in [4.78, 5) is 14.5. The first-order valence-corrected chi connectivity index (χ1v) is 7.85. The van der Waals surface area contributed by atoms with Crippen LogP contribution in [0.4, 0.5) is 0 Å². The van der Waals surface area contributed by atoms with Crippen LogP contribution in [0.5, 0.6) is 0 Å². The molecule has 1 unspecified atom stereocenters. The lowest BCUT2D eigenvalue weighted by molar-refractivity contribution is -0.134. The van der Waals surface area contributed by atoms with Gasteiger partial charge >= 0.3 is 0 Å². The van der Waals surface area contributed by atoms with Crippen molar-refractivity contribution in [2.45, 2.75) is 43.7 Å². The highest BCUT2D eigenvalue weighted by atomic mass is 16.3. The van der Waals surface area contributed by atoms with Crippen molar-refractivity contribution in [3.8, 4) is 0 Å². The van der Waals surface area contributed by atoms with Crippen LogP contribution in [0.1, 0.15) is 42.7 Å². The Morgan fingerprint density at radius 3 is 2.86 bits per heavy atom. The van der Waals surface area contributed by atoms with E-state index in [0.717, 1.165) is 37.8 Å². The van der Waals surface area contributed by atoms with Gasteiger partial charge in [-0.3, -0.25) is 4.79 Å². The van der Waals surface area contributed by atoms with Crippen molar-refractivity contribution in [3.05, 3.63) is 35.4 Å². The summed E-state index contributed by atoms with van der Waals surface area (Å²) in [5.41, 5.74) is 1.66. The van der Waals surface area contributed by atoms with E-state index in [0.29, 0.717) is 13.1 Å². The Bertz CT molecular complexity index is 523. The van der Waals surface area contributed by atoms with Crippen molar-refractivity contribution in [1.29, 1.82) is 0 Å². The van der Waals surface area contributed by atoms with Gasteiger partial charge in [-0.15, -0.1) is 0 Å². The molecular formula is C17H24N2O2. The summed E-state index contributed by atoms with van der Waals surface area (Å²) in [5.74, 6) is -0.0278. The molecule has 21 heavy (non-hydrogen) atoms. The molecular weight excluding hydrogens is 264 g/mol. The maximum Gasteiger partial charge on any atom is 0.231 e. The number of hydrogen-bond donors (Lipinski definition) is 2.